The van der Waals surface area contributed by atoms with Gasteiger partial charge in [0.1, 0.15) is 5.75 Å². The molecule has 0 radical (unpaired) electrons. The molecule has 1 aliphatic heterocycles. The van der Waals surface area contributed by atoms with Crippen LogP contribution in [0.2, 0.25) is 0 Å². The number of carbonyl (C=O) groups excluding carboxylic acids is 1. The van der Waals surface area contributed by atoms with E-state index in [1.54, 1.807) is 7.11 Å². The van der Waals surface area contributed by atoms with Gasteiger partial charge in [-0.15, -0.1) is 0 Å². The molecule has 0 amide bonds. The summed E-state index contributed by atoms with van der Waals surface area (Å²) in [5.74, 6) is 0.603. The van der Waals surface area contributed by atoms with Crippen molar-refractivity contribution in [2.24, 2.45) is 0 Å². The number of quaternary nitrogens is 1. The van der Waals surface area contributed by atoms with Crippen LogP contribution in [0.3, 0.4) is 0 Å². The largest absolute Gasteiger partial charge is 0.497 e. The molecule has 0 saturated carbocycles. The lowest BCUT2D eigenvalue weighted by molar-refractivity contribution is -0.926. The van der Waals surface area contributed by atoms with Gasteiger partial charge in [0.25, 0.3) is 0 Å². The maximum Gasteiger partial charge on any atom is 0.369 e. The summed E-state index contributed by atoms with van der Waals surface area (Å²) in [6, 6.07) is 7.37. The molecule has 108 valence electrons. The molecule has 2 rings (SSSR count). The van der Waals surface area contributed by atoms with Crippen LogP contribution < -0.4 is 4.74 Å². The second kappa shape index (κ2) is 6.09. The quantitative estimate of drug-likeness (QED) is 0.481. The summed E-state index contributed by atoms with van der Waals surface area (Å²) in [4.78, 5) is 12.3. The minimum Gasteiger partial charge on any atom is -0.497 e. The predicted octanol–water partition coefficient (Wildman–Crippen LogP) is 2.32. The molecule has 1 aliphatic rings. The topological polar surface area (TPSA) is 35.5 Å². The van der Waals surface area contributed by atoms with Gasteiger partial charge in [0.05, 0.1) is 34.4 Å². The van der Waals surface area contributed by atoms with Crippen LogP contribution in [0, 0.1) is 0 Å². The number of rotatable bonds is 4. The van der Waals surface area contributed by atoms with Gasteiger partial charge in [0, 0.05) is 12.0 Å². The molecule has 1 aromatic carbocycles. The van der Waals surface area contributed by atoms with Crippen molar-refractivity contribution in [3.05, 3.63) is 42.0 Å². The third kappa shape index (κ3) is 2.85. The van der Waals surface area contributed by atoms with Crippen LogP contribution in [0.4, 0.5) is 0 Å². The van der Waals surface area contributed by atoms with Gasteiger partial charge in [-0.3, -0.25) is 0 Å². The van der Waals surface area contributed by atoms with Crippen molar-refractivity contribution in [3.63, 3.8) is 0 Å². The van der Waals surface area contributed by atoms with Gasteiger partial charge >= 0.3 is 5.97 Å². The van der Waals surface area contributed by atoms with E-state index in [1.165, 1.54) is 7.11 Å². The molecular formula is C16H22NO3+. The van der Waals surface area contributed by atoms with Gasteiger partial charge in [-0.2, -0.15) is 0 Å². The van der Waals surface area contributed by atoms with Crippen LogP contribution in [-0.2, 0) is 9.53 Å². The fourth-order valence-corrected chi connectivity index (χ4v) is 2.78. The second-order valence-electron chi connectivity index (χ2n) is 5.34. The van der Waals surface area contributed by atoms with Gasteiger partial charge in [-0.25, -0.2) is 4.79 Å². The zero-order chi connectivity index (χ0) is 14.6. The van der Waals surface area contributed by atoms with Gasteiger partial charge in [-0.05, 0) is 30.3 Å². The summed E-state index contributed by atoms with van der Waals surface area (Å²) < 4.78 is 10.9. The van der Waals surface area contributed by atoms with Gasteiger partial charge in [-0.1, -0.05) is 6.08 Å². The highest BCUT2D eigenvalue weighted by Crippen LogP contribution is 2.31. The Morgan fingerprint density at radius 1 is 1.20 bits per heavy atom. The van der Waals surface area contributed by atoms with Crippen LogP contribution in [0.15, 0.2) is 36.4 Å². The lowest BCUT2D eigenvalue weighted by Crippen LogP contribution is -2.52. The molecule has 0 spiro atoms. The number of methoxy groups -OCH3 is 2. The fourth-order valence-electron chi connectivity index (χ4n) is 2.78. The minimum atomic E-state index is -0.296. The molecule has 0 aromatic heterocycles. The number of nitrogens with zero attached hydrogens (tertiary/aromatic N) is 1. The number of benzene rings is 1. The summed E-state index contributed by atoms with van der Waals surface area (Å²) in [5, 5.41) is 0. The zero-order valence-corrected chi connectivity index (χ0v) is 12.3. The summed E-state index contributed by atoms with van der Waals surface area (Å²) in [5.41, 5.74) is 0.968. The Hall–Kier alpha value is -1.81. The fraction of sp³-hybridized carbons (Fsp3) is 0.438. The van der Waals surface area contributed by atoms with E-state index in [-0.39, 0.29) is 12.0 Å². The van der Waals surface area contributed by atoms with E-state index in [4.69, 9.17) is 9.47 Å². The van der Waals surface area contributed by atoms with Gasteiger partial charge < -0.3 is 14.0 Å². The molecule has 2 atom stereocenters. The van der Waals surface area contributed by atoms with Crippen LogP contribution in [-0.4, -0.2) is 44.8 Å². The monoisotopic (exact) mass is 276 g/mol. The molecule has 0 saturated heterocycles. The number of ether oxygens (including phenoxy) is 2. The summed E-state index contributed by atoms with van der Waals surface area (Å²) in [7, 11) is 5.19. The third-order valence-electron chi connectivity index (χ3n) is 3.98. The van der Waals surface area contributed by atoms with Crippen molar-refractivity contribution in [2.45, 2.75) is 12.5 Å². The van der Waals surface area contributed by atoms with E-state index in [9.17, 15) is 4.79 Å². The van der Waals surface area contributed by atoms with Crippen LogP contribution in [0.1, 0.15) is 18.0 Å². The number of esters is 1. The van der Waals surface area contributed by atoms with E-state index < -0.39 is 0 Å². The number of likely N-dealkylation sites (N-methyl/N-ethyl adjacent to an activating group) is 1. The number of hydrogen-bond acceptors (Lipinski definition) is 3. The molecular weight excluding hydrogens is 254 g/mol. The van der Waals surface area contributed by atoms with Crippen LogP contribution in [0.25, 0.3) is 0 Å². The molecule has 0 aliphatic carbocycles. The molecule has 0 fully saturated rings. The lowest BCUT2D eigenvalue weighted by Gasteiger charge is -2.40. The van der Waals surface area contributed by atoms with E-state index in [1.807, 2.05) is 24.3 Å². The van der Waals surface area contributed by atoms with Crippen LogP contribution >= 0.6 is 0 Å². The number of hydrogen-bond donors (Lipinski definition) is 0. The van der Waals surface area contributed by atoms with E-state index >= 15 is 0 Å². The molecule has 1 aromatic rings. The standard InChI is InChI=1S/C16H22NO3/c1-17(11-5-4-6-12-17)15(16(18)20-3)13-7-9-14(19-2)10-8-13/h4-5,7-10,15H,6,11-12H2,1-3H3/q+1. The van der Waals surface area contributed by atoms with Crippen molar-refractivity contribution < 1.29 is 18.8 Å². The highest BCUT2D eigenvalue weighted by atomic mass is 16.5. The van der Waals surface area contributed by atoms with Crippen molar-refractivity contribution in [2.75, 3.05) is 34.4 Å². The Balaban J connectivity index is 2.36. The first-order valence-electron chi connectivity index (χ1n) is 6.82. The van der Waals surface area contributed by atoms with Gasteiger partial charge in [0.15, 0.2) is 0 Å². The Morgan fingerprint density at radius 3 is 2.40 bits per heavy atom. The summed E-state index contributed by atoms with van der Waals surface area (Å²) in [6.07, 6.45) is 5.30. The Bertz CT molecular complexity index is 495. The molecule has 20 heavy (non-hydrogen) atoms. The Labute approximate surface area is 120 Å². The highest BCUT2D eigenvalue weighted by Gasteiger charge is 2.40. The van der Waals surface area contributed by atoms with E-state index in [0.29, 0.717) is 4.48 Å². The highest BCUT2D eigenvalue weighted by molar-refractivity contribution is 5.76. The second-order valence-corrected chi connectivity index (χ2v) is 5.34. The third-order valence-corrected chi connectivity index (χ3v) is 3.98. The SMILES string of the molecule is COC(=O)C(c1ccc(OC)cc1)[N+]1(C)CC=CCC1. The van der Waals surface area contributed by atoms with E-state index in [2.05, 4.69) is 19.2 Å². The molecule has 1 heterocycles. The smallest absolute Gasteiger partial charge is 0.369 e. The first kappa shape index (κ1) is 14.6. The van der Waals surface area contributed by atoms with Crippen molar-refractivity contribution in [1.29, 1.82) is 0 Å². The Kier molecular flexibility index (Phi) is 4.45. The summed E-state index contributed by atoms with van der Waals surface area (Å²) >= 11 is 0. The Morgan fingerprint density at radius 2 is 1.90 bits per heavy atom. The molecule has 2 unspecified atom stereocenters. The lowest BCUT2D eigenvalue weighted by atomic mass is 10.0. The maximum absolute atomic E-state index is 12.3. The van der Waals surface area contributed by atoms with Crippen molar-refractivity contribution in [1.82, 2.24) is 0 Å². The summed E-state index contributed by atoms with van der Waals surface area (Å²) in [6.45, 7) is 1.77. The molecule has 4 nitrogen and oxygen atoms in total. The van der Waals surface area contributed by atoms with Gasteiger partial charge in [0.2, 0.25) is 6.04 Å². The average Bonchev–Trinajstić information content (AvgIpc) is 2.48. The van der Waals surface area contributed by atoms with E-state index in [0.717, 1.165) is 30.8 Å². The molecule has 4 heteroatoms. The minimum absolute atomic E-state index is 0.187. The van der Waals surface area contributed by atoms with Crippen molar-refractivity contribution >= 4 is 5.97 Å². The molecule has 0 N–H and O–H groups in total. The maximum atomic E-state index is 12.3. The normalized spacial score (nSPS) is 23.1. The average molecular weight is 276 g/mol. The predicted molar refractivity (Wildman–Crippen MR) is 77.4 cm³/mol. The number of carbonyl (C=O) groups is 1. The molecule has 0 bridgehead atoms. The van der Waals surface area contributed by atoms with Crippen molar-refractivity contribution in [3.8, 4) is 5.75 Å². The first-order chi connectivity index (χ1) is 9.60. The first-order valence-corrected chi connectivity index (χ1v) is 6.82. The van der Waals surface area contributed by atoms with Crippen LogP contribution in [0.5, 0.6) is 5.75 Å². The zero-order valence-electron chi connectivity index (χ0n) is 12.3.